The first-order chi connectivity index (χ1) is 14.3. The van der Waals surface area contributed by atoms with Gasteiger partial charge in [-0.05, 0) is 56.3 Å². The molecule has 0 saturated heterocycles. The fraction of sp³-hybridized carbons (Fsp3) is 0.760. The molecule has 5 heteroatoms. The first-order valence-corrected chi connectivity index (χ1v) is 11.6. The summed E-state index contributed by atoms with van der Waals surface area (Å²) < 4.78 is 4.62. The van der Waals surface area contributed by atoms with Crippen molar-refractivity contribution in [2.75, 3.05) is 7.11 Å². The zero-order chi connectivity index (χ0) is 22.1. The van der Waals surface area contributed by atoms with Gasteiger partial charge in [0.15, 0.2) is 0 Å². The van der Waals surface area contributed by atoms with Gasteiger partial charge in [-0.25, -0.2) is 0 Å². The predicted octanol–water partition coefficient (Wildman–Crippen LogP) is 4.37. The summed E-state index contributed by atoms with van der Waals surface area (Å²) in [5.74, 6) is 0.0709. The van der Waals surface area contributed by atoms with Crippen LogP contribution < -0.4 is 0 Å². The van der Waals surface area contributed by atoms with Gasteiger partial charge in [0.2, 0.25) is 0 Å². The van der Waals surface area contributed by atoms with Gasteiger partial charge in [0, 0.05) is 24.7 Å². The number of hydrogen-bond donors (Lipinski definition) is 2. The topological polar surface area (TPSA) is 83.8 Å². The van der Waals surface area contributed by atoms with Crippen LogP contribution in [0.1, 0.15) is 78.1 Å². The quantitative estimate of drug-likeness (QED) is 0.278. The number of rotatable bonds is 12. The van der Waals surface area contributed by atoms with E-state index in [-0.39, 0.29) is 41.5 Å². The SMILES string of the molecule is COC(=O)CCC/C=C\C[C@H]1C(=O)C[C@@H](O)[C@@H]1/C=C/CC(O)C1(CC(C)C)CCC1. The summed E-state index contributed by atoms with van der Waals surface area (Å²) in [5, 5.41) is 21.1. The van der Waals surface area contributed by atoms with Crippen LogP contribution in [0.15, 0.2) is 24.3 Å². The van der Waals surface area contributed by atoms with Gasteiger partial charge in [0.25, 0.3) is 0 Å². The average molecular weight is 421 g/mol. The maximum absolute atomic E-state index is 12.3. The number of esters is 1. The molecule has 2 N–H and O–H groups in total. The number of aliphatic hydroxyl groups is 2. The van der Waals surface area contributed by atoms with E-state index in [1.807, 2.05) is 24.3 Å². The molecule has 2 rings (SSSR count). The molecule has 1 unspecified atom stereocenters. The van der Waals surface area contributed by atoms with Gasteiger partial charge < -0.3 is 14.9 Å². The number of carbonyl (C=O) groups excluding carboxylic acids is 2. The fourth-order valence-corrected chi connectivity index (χ4v) is 5.09. The molecule has 0 aromatic carbocycles. The lowest BCUT2D eigenvalue weighted by atomic mass is 9.60. The molecule has 2 aliphatic rings. The Bertz CT molecular complexity index is 617. The molecule has 0 aromatic heterocycles. The molecule has 0 aromatic rings. The summed E-state index contributed by atoms with van der Waals surface area (Å²) in [6, 6.07) is 0. The number of aliphatic hydroxyl groups excluding tert-OH is 2. The van der Waals surface area contributed by atoms with Gasteiger partial charge in [0.05, 0.1) is 19.3 Å². The third-order valence-corrected chi connectivity index (χ3v) is 6.86. The second-order valence-electron chi connectivity index (χ2n) is 9.59. The number of ketones is 1. The van der Waals surface area contributed by atoms with Gasteiger partial charge in [-0.2, -0.15) is 0 Å². The highest BCUT2D eigenvalue weighted by atomic mass is 16.5. The number of hydrogen-bond acceptors (Lipinski definition) is 5. The molecule has 2 aliphatic carbocycles. The Hall–Kier alpha value is -1.46. The maximum Gasteiger partial charge on any atom is 0.305 e. The van der Waals surface area contributed by atoms with Crippen LogP contribution in [0.5, 0.6) is 0 Å². The summed E-state index contributed by atoms with van der Waals surface area (Å²) in [4.78, 5) is 23.5. The highest BCUT2D eigenvalue weighted by Crippen LogP contribution is 2.49. The van der Waals surface area contributed by atoms with E-state index in [2.05, 4.69) is 18.6 Å². The molecule has 30 heavy (non-hydrogen) atoms. The standard InChI is InChI=1S/C25H40O5/c1-18(2)17-25(14-9-15-25)23(28)12-8-11-20-19(21(26)16-22(20)27)10-6-4-5-7-13-24(29)30-3/h4,6,8,11,18-20,22-23,27-28H,5,7,9-10,12-17H2,1-3H3/b6-4-,11-8+/t19-,20-,22-,23?/m1/s1. The molecule has 5 nitrogen and oxygen atoms in total. The first-order valence-electron chi connectivity index (χ1n) is 11.6. The molecule has 0 radical (unpaired) electrons. The van der Waals surface area contributed by atoms with Gasteiger partial charge in [-0.1, -0.05) is 44.6 Å². The van der Waals surface area contributed by atoms with Crippen molar-refractivity contribution < 1.29 is 24.5 Å². The van der Waals surface area contributed by atoms with Crippen LogP contribution in [0.2, 0.25) is 0 Å². The van der Waals surface area contributed by atoms with E-state index in [0.29, 0.717) is 25.2 Å². The Morgan fingerprint density at radius 3 is 2.60 bits per heavy atom. The van der Waals surface area contributed by atoms with Crippen LogP contribution in [0.25, 0.3) is 0 Å². The van der Waals surface area contributed by atoms with Crippen LogP contribution in [0.3, 0.4) is 0 Å². The van der Waals surface area contributed by atoms with Gasteiger partial charge in [-0.3, -0.25) is 9.59 Å². The smallest absolute Gasteiger partial charge is 0.305 e. The van der Waals surface area contributed by atoms with Gasteiger partial charge in [0.1, 0.15) is 5.78 Å². The lowest BCUT2D eigenvalue weighted by Gasteiger charge is -2.46. The van der Waals surface area contributed by atoms with Crippen molar-refractivity contribution in [2.24, 2.45) is 23.2 Å². The highest BCUT2D eigenvalue weighted by Gasteiger charge is 2.43. The molecule has 2 fully saturated rings. The minimum atomic E-state index is -0.642. The third kappa shape index (κ3) is 6.78. The molecular weight excluding hydrogens is 380 g/mol. The molecule has 0 heterocycles. The van der Waals surface area contributed by atoms with Crippen LogP contribution >= 0.6 is 0 Å². The second-order valence-corrected chi connectivity index (χ2v) is 9.59. The van der Waals surface area contributed by atoms with E-state index >= 15 is 0 Å². The van der Waals surface area contributed by atoms with Crippen LogP contribution in [0, 0.1) is 23.2 Å². The summed E-state index contributed by atoms with van der Waals surface area (Å²) in [5.41, 5.74) is 0.0506. The van der Waals surface area contributed by atoms with Crippen molar-refractivity contribution >= 4 is 11.8 Å². The summed E-state index contributed by atoms with van der Waals surface area (Å²) in [7, 11) is 1.39. The Labute approximate surface area is 181 Å². The van der Waals surface area contributed by atoms with Crippen molar-refractivity contribution in [3.8, 4) is 0 Å². The predicted molar refractivity (Wildman–Crippen MR) is 118 cm³/mol. The Balaban J connectivity index is 1.85. The number of carbonyl (C=O) groups is 2. The minimum Gasteiger partial charge on any atom is -0.469 e. The molecule has 0 aliphatic heterocycles. The molecule has 0 amide bonds. The molecule has 0 bridgehead atoms. The Morgan fingerprint density at radius 1 is 1.27 bits per heavy atom. The Morgan fingerprint density at radius 2 is 2.00 bits per heavy atom. The van der Waals surface area contributed by atoms with Gasteiger partial charge in [-0.15, -0.1) is 0 Å². The monoisotopic (exact) mass is 420 g/mol. The molecule has 170 valence electrons. The molecule has 2 saturated carbocycles. The highest BCUT2D eigenvalue weighted by molar-refractivity contribution is 5.84. The van der Waals surface area contributed by atoms with E-state index in [4.69, 9.17) is 0 Å². The number of allylic oxidation sites excluding steroid dienone is 2. The maximum atomic E-state index is 12.3. The number of ether oxygens (including phenoxy) is 1. The van der Waals surface area contributed by atoms with E-state index in [1.165, 1.54) is 13.5 Å². The number of unbranched alkanes of at least 4 members (excludes halogenated alkanes) is 1. The van der Waals surface area contributed by atoms with Crippen molar-refractivity contribution in [2.45, 2.75) is 90.3 Å². The molecule has 4 atom stereocenters. The van der Waals surface area contributed by atoms with Crippen LogP contribution in [-0.4, -0.2) is 41.3 Å². The fourth-order valence-electron chi connectivity index (χ4n) is 5.09. The zero-order valence-electron chi connectivity index (χ0n) is 18.9. The zero-order valence-corrected chi connectivity index (χ0v) is 18.9. The van der Waals surface area contributed by atoms with Crippen LogP contribution in [0.4, 0.5) is 0 Å². The summed E-state index contributed by atoms with van der Waals surface area (Å²) in [6.07, 6.45) is 14.6. The molecule has 0 spiro atoms. The number of Topliss-reactive ketones (excluding diaryl/α,β-unsaturated/α-hetero) is 1. The van der Waals surface area contributed by atoms with Crippen molar-refractivity contribution in [1.29, 1.82) is 0 Å². The molecular formula is C25H40O5. The normalized spacial score (nSPS) is 27.1. The van der Waals surface area contributed by atoms with E-state index in [1.54, 1.807) is 0 Å². The summed E-state index contributed by atoms with van der Waals surface area (Å²) in [6.45, 7) is 4.41. The first kappa shape index (κ1) is 24.8. The van der Waals surface area contributed by atoms with E-state index < -0.39 is 6.10 Å². The minimum absolute atomic E-state index is 0.0506. The number of methoxy groups -OCH3 is 1. The van der Waals surface area contributed by atoms with E-state index in [0.717, 1.165) is 32.1 Å². The van der Waals surface area contributed by atoms with Crippen LogP contribution in [-0.2, 0) is 14.3 Å². The lowest BCUT2D eigenvalue weighted by Crippen LogP contribution is -2.42. The average Bonchev–Trinajstić information content (AvgIpc) is 2.93. The Kier molecular flexibility index (Phi) is 9.76. The van der Waals surface area contributed by atoms with Crippen molar-refractivity contribution in [3.05, 3.63) is 24.3 Å². The third-order valence-electron chi connectivity index (χ3n) is 6.86. The van der Waals surface area contributed by atoms with Crippen molar-refractivity contribution in [1.82, 2.24) is 0 Å². The largest absolute Gasteiger partial charge is 0.469 e. The van der Waals surface area contributed by atoms with Gasteiger partial charge >= 0.3 is 5.97 Å². The second kappa shape index (κ2) is 11.8. The van der Waals surface area contributed by atoms with E-state index in [9.17, 15) is 19.8 Å². The van der Waals surface area contributed by atoms with Crippen molar-refractivity contribution in [3.63, 3.8) is 0 Å². The lowest BCUT2D eigenvalue weighted by molar-refractivity contribution is -0.140. The summed E-state index contributed by atoms with van der Waals surface area (Å²) >= 11 is 0.